The van der Waals surface area contributed by atoms with Crippen LogP contribution in [0.4, 0.5) is 0 Å². The molecule has 16 heavy (non-hydrogen) atoms. The first kappa shape index (κ1) is 11.1. The van der Waals surface area contributed by atoms with Crippen LogP contribution in [0.25, 0.3) is 0 Å². The second kappa shape index (κ2) is 4.23. The van der Waals surface area contributed by atoms with Crippen LogP contribution >= 0.6 is 11.6 Å². The fraction of sp³-hybridized carbons (Fsp3) is 0.111. The summed E-state index contributed by atoms with van der Waals surface area (Å²) >= 11 is 5.88. The molecule has 84 valence electrons. The van der Waals surface area contributed by atoms with Crippen molar-refractivity contribution in [1.29, 1.82) is 0 Å². The van der Waals surface area contributed by atoms with E-state index >= 15 is 0 Å². The molecule has 0 aliphatic carbocycles. The van der Waals surface area contributed by atoms with Gasteiger partial charge in [0.1, 0.15) is 6.33 Å². The van der Waals surface area contributed by atoms with Gasteiger partial charge in [0, 0.05) is 5.02 Å². The Labute approximate surface area is 97.4 Å². The zero-order valence-corrected chi connectivity index (χ0v) is 9.66. The quantitative estimate of drug-likeness (QED) is 0.903. The molecule has 0 aliphatic heterocycles. The molecule has 0 aliphatic rings. The fourth-order valence-corrected chi connectivity index (χ4v) is 2.71. The Morgan fingerprint density at radius 1 is 1.31 bits per heavy atom. The molecular weight excluding hydrogens is 250 g/mol. The van der Waals surface area contributed by atoms with Crippen molar-refractivity contribution in [3.63, 3.8) is 0 Å². The fourth-order valence-electron chi connectivity index (χ4n) is 1.23. The summed E-state index contributed by atoms with van der Waals surface area (Å²) < 4.78 is 23.6. The molecule has 1 aromatic heterocycles. The minimum absolute atomic E-state index is 0.146. The molecule has 0 radical (unpaired) electrons. The summed E-state index contributed by atoms with van der Waals surface area (Å²) in [5.74, 6) is -0.193. The third kappa shape index (κ3) is 2.23. The highest BCUT2D eigenvalue weighted by Crippen LogP contribution is 2.19. The predicted molar refractivity (Wildman–Crippen MR) is 58.7 cm³/mol. The molecule has 0 atom stereocenters. The topological polar surface area (TPSA) is 75.7 Å². The number of nitrogens with zero attached hydrogens (tertiary/aromatic N) is 2. The average molecular weight is 258 g/mol. The van der Waals surface area contributed by atoms with Crippen molar-refractivity contribution >= 4 is 21.4 Å². The first-order valence-corrected chi connectivity index (χ1v) is 6.44. The maximum Gasteiger partial charge on any atom is 0.243 e. The van der Waals surface area contributed by atoms with Crippen molar-refractivity contribution < 1.29 is 8.42 Å². The molecular formula is C9H8ClN3O2S. The lowest BCUT2D eigenvalue weighted by molar-refractivity contribution is 0.587. The van der Waals surface area contributed by atoms with Crippen LogP contribution in [-0.4, -0.2) is 23.6 Å². The Kier molecular flexibility index (Phi) is 2.93. The van der Waals surface area contributed by atoms with Crippen molar-refractivity contribution in [1.82, 2.24) is 15.2 Å². The van der Waals surface area contributed by atoms with Crippen molar-refractivity contribution in [2.45, 2.75) is 10.9 Å². The normalized spacial score (nSPS) is 11.6. The average Bonchev–Trinajstić information content (AvgIpc) is 2.75. The molecule has 0 fully saturated rings. The van der Waals surface area contributed by atoms with E-state index in [-0.39, 0.29) is 10.9 Å². The number of H-pyrrole nitrogens is 1. The molecule has 0 saturated carbocycles. The van der Waals surface area contributed by atoms with Gasteiger partial charge in [0.15, 0.2) is 0 Å². The number of rotatable bonds is 3. The third-order valence-corrected chi connectivity index (χ3v) is 3.84. The third-order valence-electron chi connectivity index (χ3n) is 1.99. The van der Waals surface area contributed by atoms with Crippen LogP contribution in [0.3, 0.4) is 0 Å². The molecule has 1 N–H and O–H groups in total. The number of aromatic nitrogens is 3. The summed E-state index contributed by atoms with van der Waals surface area (Å²) in [6, 6.07) is 6.78. The van der Waals surface area contributed by atoms with Gasteiger partial charge in [-0.2, -0.15) is 5.10 Å². The minimum Gasteiger partial charge on any atom is -0.250 e. The Hall–Kier alpha value is -1.40. The van der Waals surface area contributed by atoms with Crippen molar-refractivity contribution in [3.8, 4) is 0 Å². The summed E-state index contributed by atoms with van der Waals surface area (Å²) in [5, 5.41) is 6.11. The van der Waals surface area contributed by atoms with E-state index in [1.807, 2.05) is 0 Å². The van der Waals surface area contributed by atoms with Crippen LogP contribution in [0.2, 0.25) is 5.02 Å². The monoisotopic (exact) mass is 257 g/mol. The van der Waals surface area contributed by atoms with E-state index in [4.69, 9.17) is 11.6 Å². The molecule has 0 bridgehead atoms. The van der Waals surface area contributed by atoms with Crippen LogP contribution in [0, 0.1) is 0 Å². The number of halogens is 1. The summed E-state index contributed by atoms with van der Waals surface area (Å²) in [6.45, 7) is 0. The Morgan fingerprint density at radius 3 is 2.69 bits per heavy atom. The summed E-state index contributed by atoms with van der Waals surface area (Å²) in [6.07, 6.45) is 1.15. The van der Waals surface area contributed by atoms with Gasteiger partial charge in [-0.05, 0) is 11.6 Å². The predicted octanol–water partition coefficient (Wildman–Crippen LogP) is 1.43. The van der Waals surface area contributed by atoms with E-state index < -0.39 is 9.84 Å². The smallest absolute Gasteiger partial charge is 0.243 e. The second-order valence-electron chi connectivity index (χ2n) is 3.14. The van der Waals surface area contributed by atoms with E-state index in [0.29, 0.717) is 10.6 Å². The lowest BCUT2D eigenvalue weighted by Gasteiger charge is -2.02. The lowest BCUT2D eigenvalue weighted by atomic mass is 10.2. The highest BCUT2D eigenvalue weighted by atomic mass is 35.5. The number of benzene rings is 1. The lowest BCUT2D eigenvalue weighted by Crippen LogP contribution is -2.07. The van der Waals surface area contributed by atoms with Crippen LogP contribution in [0.15, 0.2) is 35.7 Å². The SMILES string of the molecule is O=S(=O)(Cc1ccccc1Cl)c1ncn[nH]1. The van der Waals surface area contributed by atoms with Gasteiger partial charge in [-0.25, -0.2) is 13.4 Å². The second-order valence-corrected chi connectivity index (χ2v) is 5.45. The van der Waals surface area contributed by atoms with Crippen LogP contribution in [0.5, 0.6) is 0 Å². The summed E-state index contributed by atoms with van der Waals surface area (Å²) in [5.41, 5.74) is 0.542. The molecule has 7 heteroatoms. The Bertz CT molecular complexity index is 581. The number of aromatic amines is 1. The summed E-state index contributed by atoms with van der Waals surface area (Å²) in [7, 11) is -3.51. The van der Waals surface area contributed by atoms with Gasteiger partial charge in [0.25, 0.3) is 0 Å². The molecule has 2 aromatic rings. The maximum absolute atomic E-state index is 11.8. The first-order valence-electron chi connectivity index (χ1n) is 4.41. The van der Waals surface area contributed by atoms with E-state index in [9.17, 15) is 8.42 Å². The van der Waals surface area contributed by atoms with Crippen molar-refractivity contribution in [2.24, 2.45) is 0 Å². The number of sulfone groups is 1. The highest BCUT2D eigenvalue weighted by Gasteiger charge is 2.19. The molecule has 1 aromatic carbocycles. The molecule has 0 unspecified atom stereocenters. The molecule has 2 rings (SSSR count). The number of hydrogen-bond acceptors (Lipinski definition) is 4. The van der Waals surface area contributed by atoms with Gasteiger partial charge in [0.2, 0.25) is 15.0 Å². The van der Waals surface area contributed by atoms with E-state index in [0.717, 1.165) is 6.33 Å². The van der Waals surface area contributed by atoms with Gasteiger partial charge in [0.05, 0.1) is 5.75 Å². The van der Waals surface area contributed by atoms with Gasteiger partial charge in [-0.1, -0.05) is 29.8 Å². The first-order chi connectivity index (χ1) is 7.59. The van der Waals surface area contributed by atoms with Gasteiger partial charge in [-0.15, -0.1) is 0 Å². The maximum atomic E-state index is 11.8. The zero-order chi connectivity index (χ0) is 11.6. The van der Waals surface area contributed by atoms with Crippen molar-refractivity contribution in [2.75, 3.05) is 0 Å². The van der Waals surface area contributed by atoms with Crippen LogP contribution < -0.4 is 0 Å². The Morgan fingerprint density at radius 2 is 2.06 bits per heavy atom. The van der Waals surface area contributed by atoms with E-state index in [2.05, 4.69) is 15.2 Å². The standard InChI is InChI=1S/C9H8ClN3O2S/c10-8-4-2-1-3-7(8)5-16(14,15)9-11-6-12-13-9/h1-4,6H,5H2,(H,11,12,13). The molecule has 0 spiro atoms. The number of nitrogens with one attached hydrogen (secondary N) is 1. The van der Waals surface area contributed by atoms with Crippen LogP contribution in [0.1, 0.15) is 5.56 Å². The van der Waals surface area contributed by atoms with Crippen molar-refractivity contribution in [3.05, 3.63) is 41.2 Å². The summed E-state index contributed by atoms with van der Waals surface area (Å²) in [4.78, 5) is 3.62. The number of hydrogen-bond donors (Lipinski definition) is 1. The molecule has 0 saturated heterocycles. The molecule has 1 heterocycles. The Balaban J connectivity index is 2.33. The van der Waals surface area contributed by atoms with E-state index in [1.165, 1.54) is 0 Å². The highest BCUT2D eigenvalue weighted by molar-refractivity contribution is 7.90. The molecule has 5 nitrogen and oxygen atoms in total. The largest absolute Gasteiger partial charge is 0.250 e. The van der Waals surface area contributed by atoms with Gasteiger partial charge >= 0.3 is 0 Å². The van der Waals surface area contributed by atoms with Gasteiger partial charge < -0.3 is 0 Å². The minimum atomic E-state index is -3.51. The van der Waals surface area contributed by atoms with Gasteiger partial charge in [-0.3, -0.25) is 5.10 Å². The van der Waals surface area contributed by atoms with E-state index in [1.54, 1.807) is 24.3 Å². The van der Waals surface area contributed by atoms with Crippen LogP contribution in [-0.2, 0) is 15.6 Å². The zero-order valence-electron chi connectivity index (χ0n) is 8.09. The molecule has 0 amide bonds.